The number of ether oxygens (including phenoxy) is 1. The molecule has 0 saturated carbocycles. The zero-order valence-electron chi connectivity index (χ0n) is 13.0. The summed E-state index contributed by atoms with van der Waals surface area (Å²) in [6, 6.07) is 11.4. The molecular formula is C17H16FN3O3. The highest BCUT2D eigenvalue weighted by molar-refractivity contribution is 5.77. The standard InChI is InChI=1S/C17H16FN3O3/c1-21-14(16-7-4-8-23-16)9-12(20-21)10-19-17(22)11-24-15-6-3-2-5-13(15)18/h2-9H,10-11H2,1H3,(H,19,22). The Bertz CT molecular complexity index is 827. The van der Waals surface area contributed by atoms with Crippen molar-refractivity contribution in [2.75, 3.05) is 6.61 Å². The van der Waals surface area contributed by atoms with Crippen LogP contribution in [0, 0.1) is 5.82 Å². The summed E-state index contributed by atoms with van der Waals surface area (Å²) in [4.78, 5) is 11.8. The number of nitrogens with one attached hydrogen (secondary N) is 1. The number of rotatable bonds is 6. The minimum Gasteiger partial charge on any atom is -0.481 e. The summed E-state index contributed by atoms with van der Waals surface area (Å²) in [5, 5.41) is 6.99. The van der Waals surface area contributed by atoms with Gasteiger partial charge in [0.25, 0.3) is 5.91 Å². The Labute approximate surface area is 137 Å². The van der Waals surface area contributed by atoms with Crippen molar-refractivity contribution < 1.29 is 18.3 Å². The maximum atomic E-state index is 13.4. The Morgan fingerprint density at radius 1 is 1.33 bits per heavy atom. The zero-order chi connectivity index (χ0) is 16.9. The molecule has 0 saturated heterocycles. The molecule has 0 radical (unpaired) electrons. The maximum Gasteiger partial charge on any atom is 0.258 e. The summed E-state index contributed by atoms with van der Waals surface area (Å²) in [5.74, 6) is -0.113. The van der Waals surface area contributed by atoms with Gasteiger partial charge in [0.15, 0.2) is 23.9 Å². The predicted octanol–water partition coefficient (Wildman–Crippen LogP) is 2.51. The lowest BCUT2D eigenvalue weighted by atomic mass is 10.3. The molecule has 1 amide bonds. The third-order valence-corrected chi connectivity index (χ3v) is 3.37. The van der Waals surface area contributed by atoms with Gasteiger partial charge in [-0.25, -0.2) is 4.39 Å². The molecule has 1 N–H and O–H groups in total. The van der Waals surface area contributed by atoms with Crippen LogP contribution in [0.15, 0.2) is 53.1 Å². The van der Waals surface area contributed by atoms with Crippen molar-refractivity contribution in [3.05, 3.63) is 60.2 Å². The molecule has 0 aliphatic carbocycles. The monoisotopic (exact) mass is 329 g/mol. The number of nitrogens with zero attached hydrogens (tertiary/aromatic N) is 2. The van der Waals surface area contributed by atoms with E-state index in [9.17, 15) is 9.18 Å². The van der Waals surface area contributed by atoms with Crippen LogP contribution in [0.25, 0.3) is 11.5 Å². The number of para-hydroxylation sites is 1. The molecule has 7 heteroatoms. The van der Waals surface area contributed by atoms with E-state index in [-0.39, 0.29) is 24.8 Å². The van der Waals surface area contributed by atoms with Gasteiger partial charge in [0.05, 0.1) is 18.5 Å². The van der Waals surface area contributed by atoms with E-state index >= 15 is 0 Å². The summed E-state index contributed by atoms with van der Waals surface area (Å²) in [7, 11) is 1.80. The van der Waals surface area contributed by atoms with Crippen molar-refractivity contribution in [2.24, 2.45) is 7.05 Å². The largest absolute Gasteiger partial charge is 0.481 e. The summed E-state index contributed by atoms with van der Waals surface area (Å²) in [6.45, 7) is -0.0210. The Hall–Kier alpha value is -3.09. The third kappa shape index (κ3) is 3.62. The van der Waals surface area contributed by atoms with Gasteiger partial charge >= 0.3 is 0 Å². The molecule has 3 rings (SSSR count). The third-order valence-electron chi connectivity index (χ3n) is 3.37. The van der Waals surface area contributed by atoms with E-state index < -0.39 is 5.82 Å². The Morgan fingerprint density at radius 2 is 2.17 bits per heavy atom. The Balaban J connectivity index is 1.53. The summed E-state index contributed by atoms with van der Waals surface area (Å²) in [6.07, 6.45) is 1.59. The topological polar surface area (TPSA) is 69.3 Å². The van der Waals surface area contributed by atoms with Gasteiger partial charge in [0, 0.05) is 7.05 Å². The minimum absolute atomic E-state index is 0.0468. The molecule has 0 atom stereocenters. The van der Waals surface area contributed by atoms with Crippen LogP contribution >= 0.6 is 0 Å². The highest BCUT2D eigenvalue weighted by Gasteiger charge is 2.11. The highest BCUT2D eigenvalue weighted by Crippen LogP contribution is 2.20. The second kappa shape index (κ2) is 6.99. The van der Waals surface area contributed by atoms with Crippen molar-refractivity contribution in [1.29, 1.82) is 0 Å². The van der Waals surface area contributed by atoms with Gasteiger partial charge in [-0.3, -0.25) is 9.48 Å². The fraction of sp³-hybridized carbons (Fsp3) is 0.176. The fourth-order valence-corrected chi connectivity index (χ4v) is 2.21. The number of furan rings is 1. The van der Waals surface area contributed by atoms with Crippen molar-refractivity contribution in [3.8, 4) is 17.2 Å². The van der Waals surface area contributed by atoms with Crippen LogP contribution in [-0.2, 0) is 18.4 Å². The van der Waals surface area contributed by atoms with Crippen LogP contribution in [0.5, 0.6) is 5.75 Å². The van der Waals surface area contributed by atoms with E-state index in [0.29, 0.717) is 11.5 Å². The quantitative estimate of drug-likeness (QED) is 0.754. The molecule has 6 nitrogen and oxygen atoms in total. The number of hydrogen-bond acceptors (Lipinski definition) is 4. The summed E-state index contributed by atoms with van der Waals surface area (Å²) in [5.41, 5.74) is 1.50. The van der Waals surface area contributed by atoms with Crippen LogP contribution in [0.4, 0.5) is 4.39 Å². The molecule has 2 aromatic heterocycles. The van der Waals surface area contributed by atoms with Gasteiger partial charge in [-0.05, 0) is 30.3 Å². The number of aryl methyl sites for hydroxylation is 1. The van der Waals surface area contributed by atoms with Crippen molar-refractivity contribution in [2.45, 2.75) is 6.54 Å². The first kappa shape index (κ1) is 15.8. The minimum atomic E-state index is -0.502. The van der Waals surface area contributed by atoms with Crippen LogP contribution in [0.2, 0.25) is 0 Å². The van der Waals surface area contributed by atoms with E-state index in [1.54, 1.807) is 36.2 Å². The molecule has 0 aliphatic heterocycles. The Kier molecular flexibility index (Phi) is 4.60. The lowest BCUT2D eigenvalue weighted by Gasteiger charge is -2.07. The molecule has 3 aromatic rings. The molecule has 0 fully saturated rings. The second-order valence-electron chi connectivity index (χ2n) is 5.12. The molecular weight excluding hydrogens is 313 g/mol. The fourth-order valence-electron chi connectivity index (χ4n) is 2.21. The first-order chi connectivity index (χ1) is 11.6. The van der Waals surface area contributed by atoms with Crippen LogP contribution in [0.3, 0.4) is 0 Å². The number of benzene rings is 1. The number of hydrogen-bond donors (Lipinski definition) is 1. The van der Waals surface area contributed by atoms with Gasteiger partial charge in [0.2, 0.25) is 0 Å². The van der Waals surface area contributed by atoms with Crippen molar-refractivity contribution in [1.82, 2.24) is 15.1 Å². The first-order valence-corrected chi connectivity index (χ1v) is 7.34. The normalized spacial score (nSPS) is 10.6. The molecule has 24 heavy (non-hydrogen) atoms. The molecule has 0 bridgehead atoms. The molecule has 0 spiro atoms. The first-order valence-electron chi connectivity index (χ1n) is 7.34. The number of carbonyl (C=O) groups excluding carboxylic acids is 1. The Morgan fingerprint density at radius 3 is 2.92 bits per heavy atom. The SMILES string of the molecule is Cn1nc(CNC(=O)COc2ccccc2F)cc1-c1ccco1. The van der Waals surface area contributed by atoms with Gasteiger partial charge in [0.1, 0.15) is 5.69 Å². The number of amides is 1. The van der Waals surface area contributed by atoms with Gasteiger partial charge < -0.3 is 14.5 Å². The molecule has 1 aromatic carbocycles. The van der Waals surface area contributed by atoms with E-state index in [4.69, 9.17) is 9.15 Å². The highest BCUT2D eigenvalue weighted by atomic mass is 19.1. The van der Waals surface area contributed by atoms with Crippen molar-refractivity contribution >= 4 is 5.91 Å². The maximum absolute atomic E-state index is 13.4. The average Bonchev–Trinajstić information content (AvgIpc) is 3.21. The van der Waals surface area contributed by atoms with E-state index in [2.05, 4.69) is 10.4 Å². The number of halogens is 1. The number of carbonyl (C=O) groups is 1. The lowest BCUT2D eigenvalue weighted by Crippen LogP contribution is -2.28. The van der Waals surface area contributed by atoms with Gasteiger partial charge in [-0.1, -0.05) is 12.1 Å². The summed E-state index contributed by atoms with van der Waals surface area (Å²) < 4.78 is 25.6. The molecule has 2 heterocycles. The van der Waals surface area contributed by atoms with Gasteiger partial charge in [-0.2, -0.15) is 5.10 Å². The van der Waals surface area contributed by atoms with Gasteiger partial charge in [-0.15, -0.1) is 0 Å². The zero-order valence-corrected chi connectivity index (χ0v) is 13.0. The van der Waals surface area contributed by atoms with Crippen LogP contribution < -0.4 is 10.1 Å². The lowest BCUT2D eigenvalue weighted by molar-refractivity contribution is -0.123. The average molecular weight is 329 g/mol. The van der Waals surface area contributed by atoms with Crippen LogP contribution in [0.1, 0.15) is 5.69 Å². The van der Waals surface area contributed by atoms with Crippen molar-refractivity contribution in [3.63, 3.8) is 0 Å². The summed E-state index contributed by atoms with van der Waals surface area (Å²) >= 11 is 0. The molecule has 0 unspecified atom stereocenters. The van der Waals surface area contributed by atoms with Crippen LogP contribution in [-0.4, -0.2) is 22.3 Å². The molecule has 0 aliphatic rings. The smallest absolute Gasteiger partial charge is 0.258 e. The molecule has 124 valence electrons. The van der Waals surface area contributed by atoms with E-state index in [1.165, 1.54) is 12.1 Å². The second-order valence-corrected chi connectivity index (χ2v) is 5.12. The van der Waals surface area contributed by atoms with E-state index in [0.717, 1.165) is 5.69 Å². The number of aromatic nitrogens is 2. The van der Waals surface area contributed by atoms with E-state index in [1.807, 2.05) is 12.1 Å². The predicted molar refractivity (Wildman–Crippen MR) is 84.7 cm³/mol.